The number of thioether (sulfide) groups is 1. The molecule has 2 aromatic rings. The zero-order chi connectivity index (χ0) is 13.4. The van der Waals surface area contributed by atoms with Crippen molar-refractivity contribution in [3.8, 4) is 0 Å². The predicted octanol–water partition coefficient (Wildman–Crippen LogP) is 3.08. The van der Waals surface area contributed by atoms with Gasteiger partial charge < -0.3 is 0 Å². The van der Waals surface area contributed by atoms with E-state index < -0.39 is 0 Å². The third-order valence-corrected chi connectivity index (χ3v) is 5.15. The summed E-state index contributed by atoms with van der Waals surface area (Å²) in [4.78, 5) is 4.30. The van der Waals surface area contributed by atoms with Crippen LogP contribution < -0.4 is 0 Å². The summed E-state index contributed by atoms with van der Waals surface area (Å²) in [5.74, 6) is 4.28. The van der Waals surface area contributed by atoms with E-state index in [-0.39, 0.29) is 0 Å². The van der Waals surface area contributed by atoms with E-state index in [1.807, 2.05) is 18.7 Å². The van der Waals surface area contributed by atoms with Gasteiger partial charge in [0, 0.05) is 12.1 Å². The Morgan fingerprint density at radius 2 is 2.00 bits per heavy atom. The van der Waals surface area contributed by atoms with Crippen molar-refractivity contribution in [1.29, 1.82) is 0 Å². The average molecular weight is 297 g/mol. The number of nitrogens with zero attached hydrogens (tertiary/aromatic N) is 4. The average Bonchev–Trinajstić information content (AvgIpc) is 2.82. The fraction of sp³-hybridized carbons (Fsp3) is 0.615. The van der Waals surface area contributed by atoms with Crippen LogP contribution in [0.15, 0.2) is 0 Å². The van der Waals surface area contributed by atoms with Gasteiger partial charge in [-0.1, -0.05) is 11.6 Å². The number of fused-ring (bicyclic) bond motifs is 1. The second kappa shape index (κ2) is 5.29. The van der Waals surface area contributed by atoms with Gasteiger partial charge in [-0.25, -0.2) is 4.98 Å². The van der Waals surface area contributed by atoms with Gasteiger partial charge in [0.2, 0.25) is 0 Å². The van der Waals surface area contributed by atoms with Gasteiger partial charge in [0.05, 0.1) is 5.69 Å². The molecule has 0 unspecified atom stereocenters. The molecule has 102 valence electrons. The SMILES string of the molecule is Cc1nc(Cl)c2nnc(CC3CCSCC3)n2c1C. The summed E-state index contributed by atoms with van der Waals surface area (Å²) in [5.41, 5.74) is 2.72. The van der Waals surface area contributed by atoms with Gasteiger partial charge in [-0.2, -0.15) is 11.8 Å². The predicted molar refractivity (Wildman–Crippen MR) is 79.0 cm³/mol. The highest BCUT2D eigenvalue weighted by Crippen LogP contribution is 2.26. The molecule has 0 spiro atoms. The Morgan fingerprint density at radius 3 is 2.74 bits per heavy atom. The van der Waals surface area contributed by atoms with E-state index in [1.165, 1.54) is 24.3 Å². The topological polar surface area (TPSA) is 43.1 Å². The van der Waals surface area contributed by atoms with Crippen LogP contribution in [0.3, 0.4) is 0 Å². The molecule has 1 saturated heterocycles. The lowest BCUT2D eigenvalue weighted by molar-refractivity contribution is 0.473. The summed E-state index contributed by atoms with van der Waals surface area (Å²) in [6.45, 7) is 4.02. The van der Waals surface area contributed by atoms with E-state index in [0.717, 1.165) is 29.6 Å². The van der Waals surface area contributed by atoms with Crippen LogP contribution in [0, 0.1) is 19.8 Å². The summed E-state index contributed by atoms with van der Waals surface area (Å²) in [5, 5.41) is 8.98. The van der Waals surface area contributed by atoms with E-state index in [0.29, 0.717) is 10.8 Å². The van der Waals surface area contributed by atoms with Gasteiger partial charge in [0.1, 0.15) is 5.82 Å². The van der Waals surface area contributed by atoms with E-state index in [2.05, 4.69) is 26.5 Å². The Bertz CT molecular complexity index is 604. The molecule has 0 saturated carbocycles. The van der Waals surface area contributed by atoms with Crippen molar-refractivity contribution in [2.24, 2.45) is 5.92 Å². The first-order valence-corrected chi connectivity index (χ1v) is 8.14. The molecule has 0 amide bonds. The van der Waals surface area contributed by atoms with Crippen molar-refractivity contribution >= 4 is 29.0 Å². The minimum absolute atomic E-state index is 0.445. The van der Waals surface area contributed by atoms with Crippen molar-refractivity contribution in [2.45, 2.75) is 33.1 Å². The molecule has 19 heavy (non-hydrogen) atoms. The molecular formula is C13H17ClN4S. The van der Waals surface area contributed by atoms with Gasteiger partial charge in [-0.3, -0.25) is 4.40 Å². The molecule has 0 aliphatic carbocycles. The Morgan fingerprint density at radius 1 is 1.26 bits per heavy atom. The van der Waals surface area contributed by atoms with Crippen LogP contribution in [-0.4, -0.2) is 31.1 Å². The van der Waals surface area contributed by atoms with Crippen LogP contribution in [0.25, 0.3) is 5.65 Å². The summed E-state index contributed by atoms with van der Waals surface area (Å²) in [6, 6.07) is 0. The minimum Gasteiger partial charge on any atom is -0.279 e. The van der Waals surface area contributed by atoms with Gasteiger partial charge in [-0.15, -0.1) is 10.2 Å². The maximum Gasteiger partial charge on any atom is 0.198 e. The second-order valence-electron chi connectivity index (χ2n) is 5.11. The highest BCUT2D eigenvalue weighted by Gasteiger charge is 2.19. The quantitative estimate of drug-likeness (QED) is 0.854. The number of halogens is 1. The maximum atomic E-state index is 6.15. The van der Waals surface area contributed by atoms with Gasteiger partial charge in [0.15, 0.2) is 10.8 Å². The second-order valence-corrected chi connectivity index (χ2v) is 6.69. The molecule has 0 radical (unpaired) electrons. The van der Waals surface area contributed by atoms with Crippen molar-refractivity contribution in [2.75, 3.05) is 11.5 Å². The molecule has 1 aliphatic heterocycles. The van der Waals surface area contributed by atoms with E-state index in [1.54, 1.807) is 0 Å². The standard InChI is InChI=1S/C13H17ClN4S/c1-8-9(2)18-11(7-10-3-5-19-6-4-10)16-17-13(18)12(14)15-8/h10H,3-7H2,1-2H3. The third-order valence-electron chi connectivity index (χ3n) is 3.85. The van der Waals surface area contributed by atoms with Crippen molar-refractivity contribution in [3.05, 3.63) is 22.4 Å². The summed E-state index contributed by atoms with van der Waals surface area (Å²) < 4.78 is 2.08. The van der Waals surface area contributed by atoms with Crippen LogP contribution in [0.5, 0.6) is 0 Å². The highest BCUT2D eigenvalue weighted by atomic mass is 35.5. The Kier molecular flexibility index (Phi) is 3.67. The summed E-state index contributed by atoms with van der Waals surface area (Å²) in [6.07, 6.45) is 3.54. The van der Waals surface area contributed by atoms with E-state index in [4.69, 9.17) is 11.6 Å². The first-order chi connectivity index (χ1) is 9.16. The largest absolute Gasteiger partial charge is 0.279 e. The lowest BCUT2D eigenvalue weighted by Gasteiger charge is -2.20. The van der Waals surface area contributed by atoms with E-state index in [9.17, 15) is 0 Å². The van der Waals surface area contributed by atoms with Gasteiger partial charge >= 0.3 is 0 Å². The van der Waals surface area contributed by atoms with E-state index >= 15 is 0 Å². The number of aryl methyl sites for hydroxylation is 2. The molecule has 0 N–H and O–H groups in total. The summed E-state index contributed by atoms with van der Waals surface area (Å²) >= 11 is 8.20. The molecule has 3 heterocycles. The lowest BCUT2D eigenvalue weighted by atomic mass is 9.98. The molecule has 1 fully saturated rings. The van der Waals surface area contributed by atoms with Crippen molar-refractivity contribution in [1.82, 2.24) is 19.6 Å². The normalized spacial score (nSPS) is 17.2. The van der Waals surface area contributed by atoms with Crippen LogP contribution in [0.2, 0.25) is 5.15 Å². The third kappa shape index (κ3) is 2.46. The highest BCUT2D eigenvalue weighted by molar-refractivity contribution is 7.99. The minimum atomic E-state index is 0.445. The zero-order valence-electron chi connectivity index (χ0n) is 11.2. The first-order valence-electron chi connectivity index (χ1n) is 6.61. The number of rotatable bonds is 2. The van der Waals surface area contributed by atoms with Crippen LogP contribution >= 0.6 is 23.4 Å². The molecule has 0 atom stereocenters. The fourth-order valence-electron chi connectivity index (χ4n) is 2.58. The molecule has 6 heteroatoms. The number of hydrogen-bond acceptors (Lipinski definition) is 4. The van der Waals surface area contributed by atoms with Gasteiger partial charge in [-0.05, 0) is 44.1 Å². The lowest BCUT2D eigenvalue weighted by Crippen LogP contribution is -2.14. The van der Waals surface area contributed by atoms with Crippen LogP contribution in [-0.2, 0) is 6.42 Å². The molecule has 1 aliphatic rings. The van der Waals surface area contributed by atoms with Crippen molar-refractivity contribution in [3.63, 3.8) is 0 Å². The molecule has 4 nitrogen and oxygen atoms in total. The number of hydrogen-bond donors (Lipinski definition) is 0. The molecule has 3 rings (SSSR count). The van der Waals surface area contributed by atoms with Crippen LogP contribution in [0.1, 0.15) is 30.1 Å². The molecule has 2 aromatic heterocycles. The Labute approximate surface area is 122 Å². The van der Waals surface area contributed by atoms with Gasteiger partial charge in [0.25, 0.3) is 0 Å². The monoisotopic (exact) mass is 296 g/mol. The Balaban J connectivity index is 1.99. The first kappa shape index (κ1) is 13.2. The molecular weight excluding hydrogens is 280 g/mol. The maximum absolute atomic E-state index is 6.15. The molecule has 0 bridgehead atoms. The van der Waals surface area contributed by atoms with Crippen LogP contribution in [0.4, 0.5) is 0 Å². The van der Waals surface area contributed by atoms with Crippen molar-refractivity contribution < 1.29 is 0 Å². The zero-order valence-corrected chi connectivity index (χ0v) is 12.8. The number of aromatic nitrogens is 4. The fourth-order valence-corrected chi connectivity index (χ4v) is 4.04. The Hall–Kier alpha value is -0.810. The molecule has 0 aromatic carbocycles. The smallest absolute Gasteiger partial charge is 0.198 e. The summed E-state index contributed by atoms with van der Waals surface area (Å²) in [7, 11) is 0.